The van der Waals surface area contributed by atoms with Crippen LogP contribution in [0.15, 0.2) is 48.5 Å². The molecule has 2 aromatic carbocycles. The maximum Gasteiger partial charge on any atom is 0.257 e. The van der Waals surface area contributed by atoms with Crippen molar-refractivity contribution in [1.29, 1.82) is 0 Å². The number of nitrogens with one attached hydrogen (secondary N) is 2. The van der Waals surface area contributed by atoms with E-state index in [-0.39, 0.29) is 17.7 Å². The molecule has 1 heterocycles. The SMILES string of the molecule is CCC(=O)N(C)c1ccccc1C(=O)Nc1ccc(NC(=O)[C@@H]2CCCO2)cc1. The van der Waals surface area contributed by atoms with Gasteiger partial charge in [0.25, 0.3) is 11.8 Å². The Kier molecular flexibility index (Phi) is 6.61. The van der Waals surface area contributed by atoms with Crippen LogP contribution in [0.3, 0.4) is 0 Å². The Balaban J connectivity index is 1.67. The summed E-state index contributed by atoms with van der Waals surface area (Å²) in [5.74, 6) is -0.541. The molecule has 7 heteroatoms. The average molecular weight is 395 g/mol. The molecule has 1 fully saturated rings. The third-order valence-electron chi connectivity index (χ3n) is 4.82. The summed E-state index contributed by atoms with van der Waals surface area (Å²) in [7, 11) is 1.66. The van der Waals surface area contributed by atoms with Crippen molar-refractivity contribution in [3.05, 3.63) is 54.1 Å². The molecular formula is C22H25N3O4. The van der Waals surface area contributed by atoms with Crippen molar-refractivity contribution in [3.63, 3.8) is 0 Å². The second-order valence-corrected chi connectivity index (χ2v) is 6.85. The molecule has 2 N–H and O–H groups in total. The van der Waals surface area contributed by atoms with E-state index in [0.717, 1.165) is 12.8 Å². The van der Waals surface area contributed by atoms with Crippen LogP contribution in [0.1, 0.15) is 36.5 Å². The Labute approximate surface area is 170 Å². The van der Waals surface area contributed by atoms with Crippen molar-refractivity contribution in [2.45, 2.75) is 32.3 Å². The fourth-order valence-corrected chi connectivity index (χ4v) is 3.17. The van der Waals surface area contributed by atoms with Gasteiger partial charge in [0.2, 0.25) is 5.91 Å². The Morgan fingerprint density at radius 3 is 2.31 bits per heavy atom. The van der Waals surface area contributed by atoms with E-state index in [4.69, 9.17) is 4.74 Å². The quantitative estimate of drug-likeness (QED) is 0.784. The summed E-state index contributed by atoms with van der Waals surface area (Å²) in [4.78, 5) is 38.4. The minimum atomic E-state index is -0.395. The molecule has 1 saturated heterocycles. The van der Waals surface area contributed by atoms with Gasteiger partial charge in [-0.15, -0.1) is 0 Å². The van der Waals surface area contributed by atoms with Crippen LogP contribution in [0.25, 0.3) is 0 Å². The summed E-state index contributed by atoms with van der Waals surface area (Å²) in [6.45, 7) is 2.39. The normalized spacial score (nSPS) is 15.6. The molecule has 0 radical (unpaired) electrons. The smallest absolute Gasteiger partial charge is 0.257 e. The van der Waals surface area contributed by atoms with Crippen molar-refractivity contribution in [3.8, 4) is 0 Å². The molecule has 0 saturated carbocycles. The van der Waals surface area contributed by atoms with E-state index in [1.54, 1.807) is 62.5 Å². The molecule has 1 aliphatic heterocycles. The van der Waals surface area contributed by atoms with Gasteiger partial charge < -0.3 is 20.3 Å². The molecule has 152 valence electrons. The summed E-state index contributed by atoms with van der Waals surface area (Å²) in [5.41, 5.74) is 2.19. The van der Waals surface area contributed by atoms with Crippen LogP contribution in [0, 0.1) is 0 Å². The van der Waals surface area contributed by atoms with Crippen LogP contribution < -0.4 is 15.5 Å². The van der Waals surface area contributed by atoms with E-state index in [1.165, 1.54) is 4.90 Å². The molecule has 0 spiro atoms. The number of anilines is 3. The molecule has 1 atom stereocenters. The lowest BCUT2D eigenvalue weighted by molar-refractivity contribution is -0.124. The Morgan fingerprint density at radius 2 is 1.69 bits per heavy atom. The van der Waals surface area contributed by atoms with Gasteiger partial charge in [0.15, 0.2) is 0 Å². The fourth-order valence-electron chi connectivity index (χ4n) is 3.17. The van der Waals surface area contributed by atoms with Crippen molar-refractivity contribution in [2.75, 3.05) is 29.2 Å². The summed E-state index contributed by atoms with van der Waals surface area (Å²) in [5, 5.41) is 5.65. The number of amides is 3. The van der Waals surface area contributed by atoms with Crippen LogP contribution in [-0.2, 0) is 14.3 Å². The highest BCUT2D eigenvalue weighted by molar-refractivity contribution is 6.10. The van der Waals surface area contributed by atoms with Crippen molar-refractivity contribution in [1.82, 2.24) is 0 Å². The van der Waals surface area contributed by atoms with Gasteiger partial charge in [0.05, 0.1) is 11.3 Å². The minimum absolute atomic E-state index is 0.0726. The lowest BCUT2D eigenvalue weighted by Gasteiger charge is -2.20. The zero-order valence-corrected chi connectivity index (χ0v) is 16.6. The summed E-state index contributed by atoms with van der Waals surface area (Å²) < 4.78 is 5.37. The first-order chi connectivity index (χ1) is 14.0. The Bertz CT molecular complexity index is 889. The number of hydrogen-bond acceptors (Lipinski definition) is 4. The third kappa shape index (κ3) is 5.00. The van der Waals surface area contributed by atoms with E-state index in [2.05, 4.69) is 10.6 Å². The first-order valence-corrected chi connectivity index (χ1v) is 9.69. The first-order valence-electron chi connectivity index (χ1n) is 9.69. The average Bonchev–Trinajstić information content (AvgIpc) is 3.29. The van der Waals surface area contributed by atoms with Crippen molar-refractivity contribution < 1.29 is 19.1 Å². The van der Waals surface area contributed by atoms with Crippen LogP contribution in [0.5, 0.6) is 0 Å². The number of ether oxygens (including phenoxy) is 1. The number of carbonyl (C=O) groups excluding carboxylic acids is 3. The van der Waals surface area contributed by atoms with E-state index >= 15 is 0 Å². The molecule has 2 aromatic rings. The van der Waals surface area contributed by atoms with Crippen molar-refractivity contribution in [2.24, 2.45) is 0 Å². The zero-order valence-electron chi connectivity index (χ0n) is 16.6. The molecule has 3 rings (SSSR count). The van der Waals surface area contributed by atoms with E-state index in [0.29, 0.717) is 35.7 Å². The van der Waals surface area contributed by atoms with Gasteiger partial charge in [-0.2, -0.15) is 0 Å². The topological polar surface area (TPSA) is 87.7 Å². The molecule has 0 unspecified atom stereocenters. The van der Waals surface area contributed by atoms with Gasteiger partial charge in [-0.25, -0.2) is 0 Å². The highest BCUT2D eigenvalue weighted by Gasteiger charge is 2.23. The Hall–Kier alpha value is -3.19. The molecule has 0 aliphatic carbocycles. The van der Waals surface area contributed by atoms with E-state index in [1.807, 2.05) is 0 Å². The molecule has 0 bridgehead atoms. The summed E-state index contributed by atoms with van der Waals surface area (Å²) in [6, 6.07) is 13.8. The highest BCUT2D eigenvalue weighted by atomic mass is 16.5. The molecule has 3 amide bonds. The molecule has 29 heavy (non-hydrogen) atoms. The standard InChI is InChI=1S/C22H25N3O4/c1-3-20(26)25(2)18-8-5-4-7-17(18)21(27)23-15-10-12-16(13-11-15)24-22(28)19-9-6-14-29-19/h4-5,7-8,10-13,19H,3,6,9,14H2,1-2H3,(H,23,27)(H,24,28)/t19-/m0/s1. The molecular weight excluding hydrogens is 370 g/mol. The largest absolute Gasteiger partial charge is 0.368 e. The number of hydrogen-bond donors (Lipinski definition) is 2. The maximum absolute atomic E-state index is 12.8. The van der Waals surface area contributed by atoms with Gasteiger partial charge in [0, 0.05) is 31.5 Å². The lowest BCUT2D eigenvalue weighted by atomic mass is 10.1. The number of benzene rings is 2. The highest BCUT2D eigenvalue weighted by Crippen LogP contribution is 2.22. The summed E-state index contributed by atoms with van der Waals surface area (Å²) in [6.07, 6.45) is 1.58. The van der Waals surface area contributed by atoms with Gasteiger partial charge in [-0.3, -0.25) is 14.4 Å². The van der Waals surface area contributed by atoms with Gasteiger partial charge >= 0.3 is 0 Å². The van der Waals surface area contributed by atoms with Crippen LogP contribution in [0.2, 0.25) is 0 Å². The maximum atomic E-state index is 12.8. The van der Waals surface area contributed by atoms with Gasteiger partial charge in [-0.05, 0) is 49.2 Å². The molecule has 0 aromatic heterocycles. The lowest BCUT2D eigenvalue weighted by Crippen LogP contribution is -2.28. The summed E-state index contributed by atoms with van der Waals surface area (Å²) >= 11 is 0. The van der Waals surface area contributed by atoms with Crippen LogP contribution >= 0.6 is 0 Å². The van der Waals surface area contributed by atoms with Gasteiger partial charge in [0.1, 0.15) is 6.10 Å². The first kappa shape index (κ1) is 20.5. The number of nitrogens with zero attached hydrogens (tertiary/aromatic N) is 1. The number of carbonyl (C=O) groups is 3. The number of para-hydroxylation sites is 1. The third-order valence-corrected chi connectivity index (χ3v) is 4.82. The monoisotopic (exact) mass is 395 g/mol. The van der Waals surface area contributed by atoms with Crippen LogP contribution in [0.4, 0.5) is 17.1 Å². The molecule has 1 aliphatic rings. The van der Waals surface area contributed by atoms with E-state index < -0.39 is 6.10 Å². The van der Waals surface area contributed by atoms with Crippen LogP contribution in [-0.4, -0.2) is 37.5 Å². The molecule has 7 nitrogen and oxygen atoms in total. The minimum Gasteiger partial charge on any atom is -0.368 e. The van der Waals surface area contributed by atoms with E-state index in [9.17, 15) is 14.4 Å². The Morgan fingerprint density at radius 1 is 1.03 bits per heavy atom. The fraction of sp³-hybridized carbons (Fsp3) is 0.318. The second kappa shape index (κ2) is 9.34. The predicted molar refractivity (Wildman–Crippen MR) is 112 cm³/mol. The van der Waals surface area contributed by atoms with Crippen molar-refractivity contribution >= 4 is 34.8 Å². The number of rotatable bonds is 6. The predicted octanol–water partition coefficient (Wildman–Crippen LogP) is 3.43. The second-order valence-electron chi connectivity index (χ2n) is 6.85. The van der Waals surface area contributed by atoms with Gasteiger partial charge in [-0.1, -0.05) is 19.1 Å². The zero-order chi connectivity index (χ0) is 20.8.